The highest BCUT2D eigenvalue weighted by Crippen LogP contribution is 2.40. The first-order valence-electron chi connectivity index (χ1n) is 7.88. The van der Waals surface area contributed by atoms with Crippen LogP contribution in [0.1, 0.15) is 58.2 Å². The van der Waals surface area contributed by atoms with Gasteiger partial charge in [-0.05, 0) is 52.6 Å². The smallest absolute Gasteiger partial charge is 0.244 e. The van der Waals surface area contributed by atoms with Crippen molar-refractivity contribution in [1.82, 2.24) is 0 Å². The van der Waals surface area contributed by atoms with E-state index in [-0.39, 0.29) is 15.9 Å². The molecule has 0 saturated carbocycles. The summed E-state index contributed by atoms with van der Waals surface area (Å²) in [6, 6.07) is 3.92. The summed E-state index contributed by atoms with van der Waals surface area (Å²) in [5, 5.41) is 10.7. The molecule has 0 bridgehead atoms. The number of carbonyl (C=O) groups is 1. The molecule has 0 fully saturated rings. The van der Waals surface area contributed by atoms with E-state index in [1.165, 1.54) is 23.5 Å². The average Bonchev–Trinajstić information content (AvgIpc) is 2.78. The molecule has 0 aliphatic carbocycles. The maximum atomic E-state index is 12.1. The lowest BCUT2D eigenvalue weighted by Crippen LogP contribution is -2.17. The van der Waals surface area contributed by atoms with Crippen molar-refractivity contribution in [1.29, 1.82) is 0 Å². The Bertz CT molecular complexity index is 700. The molecule has 1 heterocycles. The summed E-state index contributed by atoms with van der Waals surface area (Å²) in [5.41, 5.74) is 2.75. The summed E-state index contributed by atoms with van der Waals surface area (Å²) in [5.74, 6) is 0.345. The van der Waals surface area contributed by atoms with E-state index in [9.17, 15) is 9.90 Å². The second-order valence-electron chi connectivity index (χ2n) is 7.97. The van der Waals surface area contributed by atoms with Crippen LogP contribution in [0.15, 0.2) is 22.8 Å². The van der Waals surface area contributed by atoms with Crippen LogP contribution in [0.2, 0.25) is 0 Å². The summed E-state index contributed by atoms with van der Waals surface area (Å²) in [4.78, 5) is 16.5. The molecule has 0 radical (unpaired) electrons. The van der Waals surface area contributed by atoms with Gasteiger partial charge in [0.25, 0.3) is 0 Å². The lowest BCUT2D eigenvalue weighted by molar-refractivity contribution is -0.107. The molecule has 1 N–H and O–H groups in total. The van der Waals surface area contributed by atoms with Crippen LogP contribution < -0.4 is 0 Å². The van der Waals surface area contributed by atoms with Crippen LogP contribution in [-0.2, 0) is 15.6 Å². The van der Waals surface area contributed by atoms with Gasteiger partial charge < -0.3 is 5.11 Å². The minimum Gasteiger partial charge on any atom is -0.507 e. The Morgan fingerprint density at radius 3 is 1.96 bits per heavy atom. The van der Waals surface area contributed by atoms with Gasteiger partial charge in [0.15, 0.2) is 0 Å². The van der Waals surface area contributed by atoms with E-state index >= 15 is 0 Å². The van der Waals surface area contributed by atoms with Gasteiger partial charge in [-0.3, -0.25) is 4.79 Å². The van der Waals surface area contributed by atoms with Gasteiger partial charge in [-0.1, -0.05) is 41.5 Å². The highest BCUT2D eigenvalue weighted by Gasteiger charge is 2.27. The zero-order valence-electron chi connectivity index (χ0n) is 15.4. The first-order chi connectivity index (χ1) is 10.9. The molecule has 0 amide bonds. The Morgan fingerprint density at radius 1 is 1.08 bits per heavy atom. The van der Waals surface area contributed by atoms with E-state index in [0.717, 1.165) is 21.1 Å². The van der Waals surface area contributed by atoms with E-state index < -0.39 is 0 Å². The van der Waals surface area contributed by atoms with Crippen molar-refractivity contribution >= 4 is 39.1 Å². The minimum atomic E-state index is -0.194. The van der Waals surface area contributed by atoms with Gasteiger partial charge in [0.2, 0.25) is 5.12 Å². The van der Waals surface area contributed by atoms with Gasteiger partial charge in [-0.15, -0.1) is 11.8 Å². The molecule has 0 spiro atoms. The Labute approximate surface area is 153 Å². The van der Waals surface area contributed by atoms with Crippen molar-refractivity contribution in [2.45, 2.75) is 52.4 Å². The van der Waals surface area contributed by atoms with Crippen LogP contribution in [0.5, 0.6) is 5.75 Å². The second-order valence-corrected chi connectivity index (χ2v) is 9.98. The largest absolute Gasteiger partial charge is 0.507 e. The highest BCUT2D eigenvalue weighted by atomic mass is 32.2. The summed E-state index contributed by atoms with van der Waals surface area (Å²) < 4.78 is 0.775. The quantitative estimate of drug-likeness (QED) is 0.686. The third-order valence-electron chi connectivity index (χ3n) is 3.83. The van der Waals surface area contributed by atoms with E-state index in [4.69, 9.17) is 0 Å². The van der Waals surface area contributed by atoms with E-state index in [1.54, 1.807) is 0 Å². The van der Waals surface area contributed by atoms with Crippen LogP contribution in [0.4, 0.5) is 0 Å². The molecule has 0 saturated heterocycles. The van der Waals surface area contributed by atoms with Gasteiger partial charge in [0.1, 0.15) is 15.8 Å². The van der Waals surface area contributed by atoms with Crippen molar-refractivity contribution in [3.05, 3.63) is 34.5 Å². The zero-order chi connectivity index (χ0) is 18.3. The Balaban J connectivity index is 2.64. The number of rotatable bonds is 1. The Hall–Kier alpha value is -1.20. The number of aromatic hydroxyl groups is 1. The molecule has 1 aromatic rings. The van der Waals surface area contributed by atoms with Gasteiger partial charge in [-0.2, -0.15) is 0 Å². The third kappa shape index (κ3) is 4.06. The van der Waals surface area contributed by atoms with Gasteiger partial charge in [0, 0.05) is 11.1 Å². The fourth-order valence-corrected chi connectivity index (χ4v) is 3.78. The number of aliphatic imine (C=N–C) groups is 1. The number of nitrogens with zero attached hydrogens (tertiary/aromatic N) is 1. The van der Waals surface area contributed by atoms with Crippen molar-refractivity contribution in [2.24, 2.45) is 4.99 Å². The predicted octanol–water partition coefficient (Wildman–Crippen LogP) is 5.32. The molecule has 3 nitrogen and oxygen atoms in total. The Kier molecular flexibility index (Phi) is 5.26. The molecule has 1 aliphatic rings. The predicted molar refractivity (Wildman–Crippen MR) is 107 cm³/mol. The van der Waals surface area contributed by atoms with Crippen LogP contribution >= 0.6 is 23.5 Å². The number of carbonyl (C=O) groups excluding carboxylic acids is 1. The van der Waals surface area contributed by atoms with Gasteiger partial charge >= 0.3 is 0 Å². The molecule has 0 atom stereocenters. The number of hydrogen-bond donors (Lipinski definition) is 1. The standard InChI is InChI=1S/C19H25NO2S2/c1-18(2,3)12-8-11(9-13(15(12)21)19(4,5)6)10-14-16(22)24-17(20-14)23-7/h8-10,21H,1-7H3. The van der Waals surface area contributed by atoms with Crippen molar-refractivity contribution in [3.8, 4) is 5.75 Å². The fraction of sp³-hybridized carbons (Fsp3) is 0.474. The molecule has 130 valence electrons. The first-order valence-corrected chi connectivity index (χ1v) is 9.92. The number of phenols is 1. The Morgan fingerprint density at radius 2 is 1.58 bits per heavy atom. The molecule has 24 heavy (non-hydrogen) atoms. The maximum absolute atomic E-state index is 12.1. The van der Waals surface area contributed by atoms with Crippen molar-refractivity contribution in [3.63, 3.8) is 0 Å². The molecular weight excluding hydrogens is 338 g/mol. The zero-order valence-corrected chi connectivity index (χ0v) is 17.0. The normalized spacial score (nSPS) is 17.5. The van der Waals surface area contributed by atoms with E-state index in [0.29, 0.717) is 11.4 Å². The van der Waals surface area contributed by atoms with Crippen LogP contribution in [0.25, 0.3) is 6.08 Å². The van der Waals surface area contributed by atoms with E-state index in [2.05, 4.69) is 46.5 Å². The summed E-state index contributed by atoms with van der Waals surface area (Å²) in [7, 11) is 0. The number of phenolic OH excluding ortho intramolecular Hbond substituents is 1. The number of benzene rings is 1. The molecule has 0 unspecified atom stereocenters. The maximum Gasteiger partial charge on any atom is 0.244 e. The fourth-order valence-electron chi connectivity index (χ4n) is 2.52. The van der Waals surface area contributed by atoms with Gasteiger partial charge in [-0.25, -0.2) is 4.99 Å². The van der Waals surface area contributed by atoms with E-state index in [1.807, 2.05) is 24.5 Å². The van der Waals surface area contributed by atoms with Crippen LogP contribution in [-0.4, -0.2) is 20.9 Å². The lowest BCUT2D eigenvalue weighted by atomic mass is 9.78. The van der Waals surface area contributed by atoms with Crippen LogP contribution in [0.3, 0.4) is 0 Å². The highest BCUT2D eigenvalue weighted by molar-refractivity contribution is 8.45. The third-order valence-corrected chi connectivity index (χ3v) is 5.68. The number of hydrogen-bond acceptors (Lipinski definition) is 5. The summed E-state index contributed by atoms with van der Waals surface area (Å²) >= 11 is 2.65. The van der Waals surface area contributed by atoms with Gasteiger partial charge in [0.05, 0.1) is 0 Å². The lowest BCUT2D eigenvalue weighted by Gasteiger charge is -2.27. The molecule has 2 rings (SSSR count). The molecular formula is C19H25NO2S2. The van der Waals surface area contributed by atoms with Crippen LogP contribution in [0, 0.1) is 0 Å². The molecule has 0 aromatic heterocycles. The minimum absolute atomic E-state index is 0.0259. The topological polar surface area (TPSA) is 49.7 Å². The first kappa shape index (κ1) is 19.1. The molecule has 1 aliphatic heterocycles. The second kappa shape index (κ2) is 6.60. The average molecular weight is 364 g/mol. The molecule has 5 heteroatoms. The molecule has 1 aromatic carbocycles. The van der Waals surface area contributed by atoms with Crippen molar-refractivity contribution in [2.75, 3.05) is 6.26 Å². The summed E-state index contributed by atoms with van der Waals surface area (Å²) in [6.45, 7) is 12.5. The number of thioether (sulfide) groups is 2. The summed E-state index contributed by atoms with van der Waals surface area (Å²) in [6.07, 6.45) is 3.74. The van der Waals surface area contributed by atoms with Crippen molar-refractivity contribution < 1.29 is 9.90 Å². The monoisotopic (exact) mass is 363 g/mol. The SMILES string of the molecule is CSC1=NC(=Cc2cc(C(C)(C)C)c(O)c(C(C)(C)C)c2)C(=O)S1.